The van der Waals surface area contributed by atoms with E-state index in [0.29, 0.717) is 9.86 Å². The molecule has 9 rings (SSSR count). The molecular formula is C38H38BClF12N10O4. The molecule has 28 heteroatoms. The summed E-state index contributed by atoms with van der Waals surface area (Å²) in [6, 6.07) is 2.15. The molecule has 0 bridgehead atoms. The lowest BCUT2D eigenvalue weighted by molar-refractivity contribution is -0.146. The maximum absolute atomic E-state index is 14.1. The van der Waals surface area contributed by atoms with Crippen LogP contribution in [0.2, 0.25) is 5.15 Å². The number of rotatable bonds is 8. The van der Waals surface area contributed by atoms with E-state index in [1.807, 2.05) is 27.7 Å². The summed E-state index contributed by atoms with van der Waals surface area (Å²) in [4.78, 5) is 15.0. The molecule has 0 aromatic carbocycles. The van der Waals surface area contributed by atoms with E-state index in [1.165, 1.54) is 12.3 Å². The topological polar surface area (TPSA) is 149 Å². The van der Waals surface area contributed by atoms with Gasteiger partial charge in [0.15, 0.2) is 22.9 Å². The Balaban J connectivity index is 0.000000191. The highest BCUT2D eigenvalue weighted by Gasteiger charge is 2.58. The van der Waals surface area contributed by atoms with Crippen molar-refractivity contribution in [1.29, 1.82) is 0 Å². The Kier molecular flexibility index (Phi) is 14.2. The van der Waals surface area contributed by atoms with Crippen LogP contribution in [-0.4, -0.2) is 92.5 Å². The SMILES string of the molecule is C.C.CC1(C)OB(c2cnc(OCC3CC3(F)F)c(F)c2)OC1(C)C.FC(F)(F)c1nnc2cnc(Cl)cn12.Fc1cc(-c2cn3c(C(F)(F)F)nnc3cn2)cnc1OCC1CC1(F)F. The summed E-state index contributed by atoms with van der Waals surface area (Å²) in [6.07, 6.45) is -3.15. The third-order valence-corrected chi connectivity index (χ3v) is 10.5. The predicted molar refractivity (Wildman–Crippen MR) is 210 cm³/mol. The van der Waals surface area contributed by atoms with Gasteiger partial charge in [0.1, 0.15) is 5.15 Å². The van der Waals surface area contributed by atoms with Crippen molar-refractivity contribution in [1.82, 2.24) is 49.1 Å². The number of hydrogen-bond donors (Lipinski definition) is 0. The molecule has 2 unspecified atom stereocenters. The largest absolute Gasteiger partial charge is 0.496 e. The highest BCUT2D eigenvalue weighted by molar-refractivity contribution is 6.62. The maximum Gasteiger partial charge on any atom is 0.496 e. The molecule has 7 heterocycles. The number of fused-ring (bicyclic) bond motifs is 2. The average Bonchev–Trinajstić information content (AvgIpc) is 3.69. The van der Waals surface area contributed by atoms with E-state index in [1.54, 1.807) is 0 Å². The molecule has 6 aromatic heterocycles. The summed E-state index contributed by atoms with van der Waals surface area (Å²) in [7, 11) is -0.733. The van der Waals surface area contributed by atoms with Gasteiger partial charge in [0, 0.05) is 48.7 Å². The van der Waals surface area contributed by atoms with Crippen molar-refractivity contribution < 1.29 is 71.5 Å². The number of aromatic nitrogens is 10. The molecule has 14 nitrogen and oxygen atoms in total. The quantitative estimate of drug-likeness (QED) is 0.106. The summed E-state index contributed by atoms with van der Waals surface area (Å²) in [5.74, 6) is -12.1. The minimum absolute atomic E-state index is 0. The zero-order chi connectivity index (χ0) is 46.8. The van der Waals surface area contributed by atoms with Crippen LogP contribution in [0, 0.1) is 23.5 Å². The Morgan fingerprint density at radius 3 is 1.55 bits per heavy atom. The van der Waals surface area contributed by atoms with Gasteiger partial charge in [0.05, 0.1) is 54.3 Å². The van der Waals surface area contributed by atoms with Gasteiger partial charge in [-0.1, -0.05) is 26.5 Å². The molecular weight excluding hydrogens is 935 g/mol. The molecule has 0 N–H and O–H groups in total. The summed E-state index contributed by atoms with van der Waals surface area (Å²) in [6.45, 7) is 6.95. The van der Waals surface area contributed by atoms with Gasteiger partial charge in [-0.3, -0.25) is 13.8 Å². The first kappa shape index (κ1) is 51.4. The fraction of sp³-hybridized carbons (Fsp3) is 0.474. The number of pyridine rings is 2. The molecule has 2 saturated carbocycles. The van der Waals surface area contributed by atoms with Crippen molar-refractivity contribution in [3.63, 3.8) is 0 Å². The molecule has 1 aliphatic heterocycles. The van der Waals surface area contributed by atoms with Crippen molar-refractivity contribution in [3.05, 3.63) is 77.8 Å². The molecule has 3 fully saturated rings. The lowest BCUT2D eigenvalue weighted by Crippen LogP contribution is -2.41. The maximum atomic E-state index is 14.1. The second kappa shape index (κ2) is 18.3. The molecule has 3 aliphatic rings. The number of nitrogens with zero attached hydrogens (tertiary/aromatic N) is 10. The summed E-state index contributed by atoms with van der Waals surface area (Å²) in [5.41, 5.74) is -0.738. The first-order valence-corrected chi connectivity index (χ1v) is 18.9. The second-order valence-corrected chi connectivity index (χ2v) is 16.0. The molecule has 0 amide bonds. The standard InChI is InChI=1S/C15H19BF3NO3.C15H9F6N5O.C6H2ClF3N4.2CH4/c1-13(2)14(3,4)23-16(22-13)10-5-11(17)12(20-7-10)21-8-9-6-15(9,18)19;16-9-1-7(3-23-12(9)27-6-8-2-14(8,17)18)10-5-26-11(4-22-10)24-25-13(26)15(19,20)21;7-3-2-14-4(1-11-3)12-13-5(14)6(8,9)10;;/h5,7,9H,6,8H2,1-4H3;1,3-5,8H,2,6H2;1-2H;2*1H4. The minimum atomic E-state index is -4.73. The van der Waals surface area contributed by atoms with Gasteiger partial charge in [0.2, 0.25) is 23.4 Å². The highest BCUT2D eigenvalue weighted by Crippen LogP contribution is 2.49. The number of ether oxygens (including phenoxy) is 2. The van der Waals surface area contributed by atoms with Gasteiger partial charge in [-0.2, -0.15) is 26.3 Å². The van der Waals surface area contributed by atoms with Crippen LogP contribution in [-0.2, 0) is 21.7 Å². The molecule has 0 spiro atoms. The molecule has 358 valence electrons. The van der Waals surface area contributed by atoms with Crippen LogP contribution in [0.1, 0.15) is 67.0 Å². The van der Waals surface area contributed by atoms with Gasteiger partial charge in [-0.05, 0) is 39.8 Å². The third kappa shape index (κ3) is 11.2. The number of alkyl halides is 10. The van der Waals surface area contributed by atoms with Crippen LogP contribution in [0.4, 0.5) is 52.7 Å². The summed E-state index contributed by atoms with van der Waals surface area (Å²) in [5, 5.41) is 12.7. The normalized spacial score (nSPS) is 19.7. The summed E-state index contributed by atoms with van der Waals surface area (Å²) >= 11 is 5.44. The van der Waals surface area contributed by atoms with Gasteiger partial charge in [0.25, 0.3) is 11.8 Å². The zero-order valence-electron chi connectivity index (χ0n) is 33.2. The van der Waals surface area contributed by atoms with Gasteiger partial charge in [-0.15, -0.1) is 20.4 Å². The lowest BCUT2D eigenvalue weighted by atomic mass is 9.80. The van der Waals surface area contributed by atoms with E-state index in [9.17, 15) is 52.7 Å². The van der Waals surface area contributed by atoms with Gasteiger partial charge in [-0.25, -0.2) is 41.3 Å². The van der Waals surface area contributed by atoms with Crippen molar-refractivity contribution in [3.8, 4) is 23.0 Å². The zero-order valence-corrected chi connectivity index (χ0v) is 34.0. The van der Waals surface area contributed by atoms with Crippen LogP contribution in [0.25, 0.3) is 22.6 Å². The smallest absolute Gasteiger partial charge is 0.475 e. The average molecular weight is 973 g/mol. The van der Waals surface area contributed by atoms with Crippen LogP contribution in [0.3, 0.4) is 0 Å². The Hall–Kier alpha value is -5.57. The molecule has 2 aliphatic carbocycles. The van der Waals surface area contributed by atoms with Crippen molar-refractivity contribution in [2.24, 2.45) is 11.8 Å². The highest BCUT2D eigenvalue weighted by atomic mass is 35.5. The van der Waals surface area contributed by atoms with Crippen LogP contribution >= 0.6 is 11.6 Å². The van der Waals surface area contributed by atoms with E-state index in [0.717, 1.165) is 41.5 Å². The minimum Gasteiger partial charge on any atom is -0.475 e. The fourth-order valence-electron chi connectivity index (χ4n) is 5.70. The fourth-order valence-corrected chi connectivity index (χ4v) is 5.85. The second-order valence-electron chi connectivity index (χ2n) is 15.6. The van der Waals surface area contributed by atoms with E-state index in [2.05, 4.69) is 40.3 Å². The molecule has 2 atom stereocenters. The Bertz CT molecular complexity index is 2670. The van der Waals surface area contributed by atoms with Crippen molar-refractivity contribution >= 4 is 35.5 Å². The van der Waals surface area contributed by atoms with E-state index >= 15 is 0 Å². The molecule has 6 aromatic rings. The Morgan fingerprint density at radius 2 is 1.11 bits per heavy atom. The molecule has 1 saturated heterocycles. The van der Waals surface area contributed by atoms with Crippen molar-refractivity contribution in [2.75, 3.05) is 13.2 Å². The first-order valence-electron chi connectivity index (χ1n) is 18.5. The Morgan fingerprint density at radius 1 is 0.667 bits per heavy atom. The van der Waals surface area contributed by atoms with Crippen LogP contribution in [0.5, 0.6) is 11.8 Å². The third-order valence-electron chi connectivity index (χ3n) is 10.3. The number of halogens is 13. The monoisotopic (exact) mass is 972 g/mol. The predicted octanol–water partition coefficient (Wildman–Crippen LogP) is 9.00. The van der Waals surface area contributed by atoms with E-state index in [4.69, 9.17) is 30.4 Å². The first-order chi connectivity index (χ1) is 29.6. The summed E-state index contributed by atoms with van der Waals surface area (Å²) < 4.78 is 178. The lowest BCUT2D eigenvalue weighted by Gasteiger charge is -2.32. The van der Waals surface area contributed by atoms with Gasteiger partial charge >= 0.3 is 19.5 Å². The van der Waals surface area contributed by atoms with E-state index in [-0.39, 0.29) is 74.5 Å². The molecule has 66 heavy (non-hydrogen) atoms. The number of hydrogen-bond acceptors (Lipinski definition) is 12. The van der Waals surface area contributed by atoms with E-state index < -0.39 is 83.5 Å². The van der Waals surface area contributed by atoms with Crippen LogP contribution in [0.15, 0.2) is 49.3 Å². The molecule has 0 radical (unpaired) electrons. The van der Waals surface area contributed by atoms with Crippen molar-refractivity contribution in [2.45, 2.75) is 90.8 Å². The Labute approximate surface area is 372 Å². The van der Waals surface area contributed by atoms with Gasteiger partial charge < -0.3 is 18.8 Å². The van der Waals surface area contributed by atoms with Crippen LogP contribution < -0.4 is 14.9 Å².